The Hall–Kier alpha value is -4.13. The molecular formula is C26H28N5O2+. The highest BCUT2D eigenvalue weighted by atomic mass is 16.5. The second-order valence-corrected chi connectivity index (χ2v) is 8.11. The first kappa shape index (κ1) is 22.1. The molecule has 0 spiro atoms. The number of nitrogens with two attached hydrogens (primary N) is 1. The SMILES string of the molecule is COc1cccc2c1cc(C(=O)NC(C)c1cc[n+](C)cc1)n2Cc1cccc(C(=N)N)c1. The molecular weight excluding hydrogens is 414 g/mol. The molecule has 7 heteroatoms. The van der Waals surface area contributed by atoms with Crippen LogP contribution < -0.4 is 20.4 Å². The highest BCUT2D eigenvalue weighted by molar-refractivity contribution is 6.00. The molecule has 4 aromatic rings. The molecule has 0 saturated carbocycles. The number of methoxy groups -OCH3 is 1. The molecule has 0 saturated heterocycles. The standard InChI is InChI=1S/C26H27N5O2/c1-17(19-10-12-30(2)13-11-19)29-26(32)23-15-21-22(8-5-9-24(21)33-3)31(23)16-18-6-4-7-20(14-18)25(27)28/h4-15,17H,16H2,1-3H3,(H3-,27,28,29,32)/p+1. The van der Waals surface area contributed by atoms with E-state index in [1.165, 1.54) is 0 Å². The number of aryl methyl sites for hydroxylation is 1. The van der Waals surface area contributed by atoms with Crippen LogP contribution in [0, 0.1) is 5.41 Å². The van der Waals surface area contributed by atoms with Crippen LogP contribution in [0.3, 0.4) is 0 Å². The fourth-order valence-corrected chi connectivity index (χ4v) is 3.97. The lowest BCUT2D eigenvalue weighted by molar-refractivity contribution is -0.671. The molecule has 1 amide bonds. The number of carbonyl (C=O) groups excluding carboxylic acids is 1. The zero-order chi connectivity index (χ0) is 23.5. The monoisotopic (exact) mass is 442 g/mol. The van der Waals surface area contributed by atoms with Crippen molar-refractivity contribution in [2.75, 3.05) is 7.11 Å². The van der Waals surface area contributed by atoms with Gasteiger partial charge in [0.25, 0.3) is 5.91 Å². The summed E-state index contributed by atoms with van der Waals surface area (Å²) in [6.45, 7) is 2.42. The lowest BCUT2D eigenvalue weighted by Crippen LogP contribution is -2.30. The van der Waals surface area contributed by atoms with Crippen molar-refractivity contribution in [1.82, 2.24) is 9.88 Å². The van der Waals surface area contributed by atoms with Crippen molar-refractivity contribution in [3.8, 4) is 5.75 Å². The molecule has 2 aromatic carbocycles. The van der Waals surface area contributed by atoms with Gasteiger partial charge in [0.2, 0.25) is 0 Å². The largest absolute Gasteiger partial charge is 0.496 e. The zero-order valence-electron chi connectivity index (χ0n) is 19.0. The molecule has 4 rings (SSSR count). The number of benzene rings is 2. The Morgan fingerprint density at radius 1 is 1.15 bits per heavy atom. The summed E-state index contributed by atoms with van der Waals surface area (Å²) < 4.78 is 9.48. The minimum atomic E-state index is -0.170. The fraction of sp³-hybridized carbons (Fsp3) is 0.192. The number of hydrogen-bond donors (Lipinski definition) is 3. The van der Waals surface area contributed by atoms with E-state index < -0.39 is 0 Å². The van der Waals surface area contributed by atoms with E-state index in [-0.39, 0.29) is 17.8 Å². The van der Waals surface area contributed by atoms with Crippen molar-refractivity contribution < 1.29 is 14.1 Å². The summed E-state index contributed by atoms with van der Waals surface area (Å²) in [6.07, 6.45) is 3.92. The number of nitrogen functional groups attached to an aromatic ring is 1. The number of carbonyl (C=O) groups is 1. The van der Waals surface area contributed by atoms with Crippen LogP contribution in [0.2, 0.25) is 0 Å². The van der Waals surface area contributed by atoms with Gasteiger partial charge < -0.3 is 20.4 Å². The normalized spacial score (nSPS) is 11.8. The summed E-state index contributed by atoms with van der Waals surface area (Å²) in [5.74, 6) is 0.553. The molecule has 0 aliphatic rings. The van der Waals surface area contributed by atoms with Crippen LogP contribution in [-0.2, 0) is 13.6 Å². The summed E-state index contributed by atoms with van der Waals surface area (Å²) in [7, 11) is 3.58. The summed E-state index contributed by atoms with van der Waals surface area (Å²) in [5, 5.41) is 11.7. The summed E-state index contributed by atoms with van der Waals surface area (Å²) in [6, 6.07) is 19.0. The molecule has 0 bridgehead atoms. The lowest BCUT2D eigenvalue weighted by Gasteiger charge is -2.16. The fourth-order valence-electron chi connectivity index (χ4n) is 3.97. The first-order valence-electron chi connectivity index (χ1n) is 10.7. The van der Waals surface area contributed by atoms with Crippen molar-refractivity contribution in [3.63, 3.8) is 0 Å². The van der Waals surface area contributed by atoms with Crippen LogP contribution >= 0.6 is 0 Å². The van der Waals surface area contributed by atoms with Crippen molar-refractivity contribution >= 4 is 22.6 Å². The number of aromatic nitrogens is 2. The second-order valence-electron chi connectivity index (χ2n) is 8.11. The molecule has 1 atom stereocenters. The Bertz CT molecular complexity index is 1320. The molecule has 0 aliphatic carbocycles. The van der Waals surface area contributed by atoms with Crippen molar-refractivity contribution in [1.29, 1.82) is 5.41 Å². The van der Waals surface area contributed by atoms with Crippen LogP contribution in [0.1, 0.15) is 40.1 Å². The van der Waals surface area contributed by atoms with Gasteiger partial charge in [0.15, 0.2) is 12.4 Å². The van der Waals surface area contributed by atoms with Crippen LogP contribution in [0.15, 0.2) is 73.1 Å². The van der Waals surface area contributed by atoms with E-state index in [0.29, 0.717) is 23.6 Å². The quantitative estimate of drug-likeness (QED) is 0.233. The number of nitrogens with zero attached hydrogens (tertiary/aromatic N) is 2. The van der Waals surface area contributed by atoms with E-state index in [1.807, 2.05) is 90.1 Å². The molecule has 1 unspecified atom stereocenters. The maximum absolute atomic E-state index is 13.4. The number of hydrogen-bond acceptors (Lipinski definition) is 3. The predicted molar refractivity (Wildman–Crippen MR) is 129 cm³/mol. The number of pyridine rings is 1. The average molecular weight is 443 g/mol. The third-order valence-electron chi connectivity index (χ3n) is 5.79. The number of nitrogens with one attached hydrogen (secondary N) is 2. The molecule has 0 fully saturated rings. The van der Waals surface area contributed by atoms with Gasteiger partial charge in [0.05, 0.1) is 18.7 Å². The molecule has 0 radical (unpaired) electrons. The molecule has 168 valence electrons. The Morgan fingerprint density at radius 2 is 1.88 bits per heavy atom. The number of rotatable bonds is 7. The summed E-state index contributed by atoms with van der Waals surface area (Å²) >= 11 is 0. The van der Waals surface area contributed by atoms with Gasteiger partial charge in [-0.15, -0.1) is 0 Å². The molecule has 4 N–H and O–H groups in total. The van der Waals surface area contributed by atoms with Crippen molar-refractivity contribution in [2.24, 2.45) is 12.8 Å². The Morgan fingerprint density at radius 3 is 2.58 bits per heavy atom. The summed E-state index contributed by atoms with van der Waals surface area (Å²) in [5.41, 5.74) is 9.73. The number of amides is 1. The minimum absolute atomic E-state index is 0.0129. The van der Waals surface area contributed by atoms with Crippen LogP contribution in [-0.4, -0.2) is 23.4 Å². The first-order chi connectivity index (χ1) is 15.9. The van der Waals surface area contributed by atoms with Crippen LogP contribution in [0.4, 0.5) is 0 Å². The van der Waals surface area contributed by atoms with Gasteiger partial charge in [-0.25, -0.2) is 4.57 Å². The van der Waals surface area contributed by atoms with Gasteiger partial charge in [-0.3, -0.25) is 10.2 Å². The van der Waals surface area contributed by atoms with Crippen LogP contribution in [0.5, 0.6) is 5.75 Å². The predicted octanol–water partition coefficient (Wildman–Crippen LogP) is 3.30. The van der Waals surface area contributed by atoms with Gasteiger partial charge in [-0.2, -0.15) is 0 Å². The Balaban J connectivity index is 1.73. The topological polar surface area (TPSA) is 97.0 Å². The lowest BCUT2D eigenvalue weighted by atomic mass is 10.1. The van der Waals surface area contributed by atoms with Gasteiger partial charge in [-0.05, 0) is 42.3 Å². The maximum atomic E-state index is 13.4. The molecule has 2 heterocycles. The maximum Gasteiger partial charge on any atom is 0.268 e. The molecule has 7 nitrogen and oxygen atoms in total. The Kier molecular flexibility index (Phi) is 6.13. The molecule has 0 aliphatic heterocycles. The number of fused-ring (bicyclic) bond motifs is 1. The van der Waals surface area contributed by atoms with Gasteiger partial charge >= 0.3 is 0 Å². The smallest absolute Gasteiger partial charge is 0.268 e. The van der Waals surface area contributed by atoms with E-state index in [4.69, 9.17) is 15.9 Å². The van der Waals surface area contributed by atoms with E-state index in [1.54, 1.807) is 13.2 Å². The minimum Gasteiger partial charge on any atom is -0.496 e. The van der Waals surface area contributed by atoms with Gasteiger partial charge in [-0.1, -0.05) is 24.3 Å². The van der Waals surface area contributed by atoms with E-state index >= 15 is 0 Å². The van der Waals surface area contributed by atoms with Crippen molar-refractivity contribution in [3.05, 3.63) is 95.4 Å². The van der Waals surface area contributed by atoms with E-state index in [2.05, 4.69) is 5.32 Å². The van der Waals surface area contributed by atoms with Crippen LogP contribution in [0.25, 0.3) is 10.9 Å². The molecule has 2 aromatic heterocycles. The van der Waals surface area contributed by atoms with Gasteiger partial charge in [0, 0.05) is 29.6 Å². The van der Waals surface area contributed by atoms with Gasteiger partial charge in [0.1, 0.15) is 24.3 Å². The molecule has 33 heavy (non-hydrogen) atoms. The average Bonchev–Trinajstić information content (AvgIpc) is 3.18. The van der Waals surface area contributed by atoms with E-state index in [0.717, 1.165) is 22.0 Å². The second kappa shape index (κ2) is 9.16. The highest BCUT2D eigenvalue weighted by Crippen LogP contribution is 2.30. The number of ether oxygens (including phenoxy) is 1. The number of amidine groups is 1. The Labute approximate surface area is 192 Å². The zero-order valence-corrected chi connectivity index (χ0v) is 19.0. The highest BCUT2D eigenvalue weighted by Gasteiger charge is 2.20. The first-order valence-corrected chi connectivity index (χ1v) is 10.7. The summed E-state index contributed by atoms with van der Waals surface area (Å²) in [4.78, 5) is 13.4. The van der Waals surface area contributed by atoms with E-state index in [9.17, 15) is 4.79 Å². The third kappa shape index (κ3) is 4.57. The third-order valence-corrected chi connectivity index (χ3v) is 5.79. The van der Waals surface area contributed by atoms with Crippen molar-refractivity contribution in [2.45, 2.75) is 19.5 Å².